The number of nitrogens with one attached hydrogen (secondary N) is 1. The van der Waals surface area contributed by atoms with Crippen molar-refractivity contribution >= 4 is 11.8 Å². The van der Waals surface area contributed by atoms with Crippen LogP contribution in [0.15, 0.2) is 23.1 Å². The fourth-order valence-corrected chi connectivity index (χ4v) is 1.80. The Morgan fingerprint density at radius 3 is 2.73 bits per heavy atom. The summed E-state index contributed by atoms with van der Waals surface area (Å²) in [7, 11) is 0. The predicted molar refractivity (Wildman–Crippen MR) is 64.9 cm³/mol. The third kappa shape index (κ3) is 3.58. The summed E-state index contributed by atoms with van der Waals surface area (Å²) >= 11 is 1.61. The summed E-state index contributed by atoms with van der Waals surface area (Å²) in [4.78, 5) is 1.05. The number of nitriles is 1. The molecule has 1 N–H and O–H groups in total. The zero-order valence-corrected chi connectivity index (χ0v) is 10.2. The van der Waals surface area contributed by atoms with Crippen LogP contribution in [0.5, 0.6) is 0 Å². The molecule has 0 bridgehead atoms. The van der Waals surface area contributed by atoms with Crippen molar-refractivity contribution in [2.24, 2.45) is 0 Å². The van der Waals surface area contributed by atoms with Crippen LogP contribution in [-0.4, -0.2) is 12.3 Å². The highest BCUT2D eigenvalue weighted by Crippen LogP contribution is 2.20. The lowest BCUT2D eigenvalue weighted by atomic mass is 10.1. The van der Waals surface area contributed by atoms with Crippen LogP contribution in [0.3, 0.4) is 0 Å². The maximum atomic E-state index is 8.97. The van der Waals surface area contributed by atoms with Gasteiger partial charge >= 0.3 is 0 Å². The van der Waals surface area contributed by atoms with Crippen molar-refractivity contribution in [2.45, 2.75) is 31.3 Å². The van der Waals surface area contributed by atoms with Crippen LogP contribution in [0.25, 0.3) is 0 Å². The van der Waals surface area contributed by atoms with Crippen LogP contribution in [0.2, 0.25) is 0 Å². The quantitative estimate of drug-likeness (QED) is 0.793. The number of hydrogen-bond donors (Lipinski definition) is 1. The summed E-state index contributed by atoms with van der Waals surface area (Å²) in [5.41, 5.74) is 1.93. The van der Waals surface area contributed by atoms with E-state index >= 15 is 0 Å². The minimum absolute atomic E-state index is 0.468. The van der Waals surface area contributed by atoms with Gasteiger partial charge in [-0.2, -0.15) is 5.26 Å². The van der Waals surface area contributed by atoms with Crippen LogP contribution in [0.4, 0.5) is 0 Å². The lowest BCUT2D eigenvalue weighted by Gasteiger charge is -2.09. The Labute approximate surface area is 95.7 Å². The molecule has 0 heterocycles. The molecule has 2 nitrogen and oxygen atoms in total. The van der Waals surface area contributed by atoms with Crippen molar-refractivity contribution < 1.29 is 0 Å². The van der Waals surface area contributed by atoms with E-state index in [-0.39, 0.29) is 0 Å². The van der Waals surface area contributed by atoms with E-state index in [0.29, 0.717) is 6.04 Å². The second kappa shape index (κ2) is 5.79. The lowest BCUT2D eigenvalue weighted by Crippen LogP contribution is -2.21. The largest absolute Gasteiger partial charge is 0.310 e. The highest BCUT2D eigenvalue weighted by atomic mass is 32.2. The summed E-state index contributed by atoms with van der Waals surface area (Å²) in [5, 5.41) is 12.3. The van der Waals surface area contributed by atoms with Gasteiger partial charge in [-0.05, 0) is 24.0 Å². The summed E-state index contributed by atoms with van der Waals surface area (Å²) in [5.74, 6) is 0. The average Bonchev–Trinajstić information content (AvgIpc) is 2.25. The number of nitrogens with zero attached hydrogens (tertiary/aromatic N) is 1. The topological polar surface area (TPSA) is 35.8 Å². The standard InChI is InChI=1S/C12H16N2S/c1-9(2)14-8-10-4-5-12(15-3)11(6-10)7-13/h4-6,9,14H,8H2,1-3H3. The Morgan fingerprint density at radius 2 is 2.20 bits per heavy atom. The van der Waals surface area contributed by atoms with Crippen LogP contribution >= 0.6 is 11.8 Å². The van der Waals surface area contributed by atoms with Crippen molar-refractivity contribution in [3.63, 3.8) is 0 Å². The molecular weight excluding hydrogens is 204 g/mol. The van der Waals surface area contributed by atoms with Crippen LogP contribution in [0, 0.1) is 11.3 Å². The molecule has 0 aliphatic rings. The van der Waals surface area contributed by atoms with Gasteiger partial charge in [0.15, 0.2) is 0 Å². The molecule has 0 spiro atoms. The molecule has 80 valence electrons. The summed E-state index contributed by atoms with van der Waals surface area (Å²) in [6.45, 7) is 5.05. The molecular formula is C12H16N2S. The SMILES string of the molecule is CSc1ccc(CNC(C)C)cc1C#N. The van der Waals surface area contributed by atoms with Crippen molar-refractivity contribution in [3.05, 3.63) is 29.3 Å². The zero-order valence-electron chi connectivity index (χ0n) is 9.37. The van der Waals surface area contributed by atoms with Gasteiger partial charge in [-0.1, -0.05) is 19.9 Å². The Balaban J connectivity index is 2.80. The molecule has 0 radical (unpaired) electrons. The Hall–Kier alpha value is -0.980. The molecule has 15 heavy (non-hydrogen) atoms. The monoisotopic (exact) mass is 220 g/mol. The molecule has 3 heteroatoms. The first-order chi connectivity index (χ1) is 7.17. The Morgan fingerprint density at radius 1 is 1.47 bits per heavy atom. The molecule has 0 aliphatic carbocycles. The van der Waals surface area contributed by atoms with Gasteiger partial charge in [0.25, 0.3) is 0 Å². The molecule has 0 atom stereocenters. The molecule has 0 aliphatic heterocycles. The Bertz CT molecular complexity index is 366. The number of benzene rings is 1. The molecule has 0 fully saturated rings. The summed E-state index contributed by atoms with van der Waals surface area (Å²) in [6.07, 6.45) is 1.99. The van der Waals surface area contributed by atoms with E-state index in [1.165, 1.54) is 0 Å². The van der Waals surface area contributed by atoms with E-state index in [0.717, 1.165) is 22.6 Å². The third-order valence-corrected chi connectivity index (χ3v) is 2.89. The molecule has 0 unspecified atom stereocenters. The van der Waals surface area contributed by atoms with Crippen molar-refractivity contribution in [1.29, 1.82) is 5.26 Å². The van der Waals surface area contributed by atoms with Gasteiger partial charge in [-0.3, -0.25) is 0 Å². The highest BCUT2D eigenvalue weighted by Gasteiger charge is 2.02. The third-order valence-electron chi connectivity index (χ3n) is 2.10. The molecule has 0 saturated heterocycles. The van der Waals surface area contributed by atoms with Gasteiger partial charge in [0.05, 0.1) is 5.56 Å². The van der Waals surface area contributed by atoms with E-state index in [4.69, 9.17) is 5.26 Å². The molecule has 0 aromatic heterocycles. The molecule has 1 rings (SSSR count). The second-order valence-electron chi connectivity index (χ2n) is 3.68. The normalized spacial score (nSPS) is 10.3. The Kier molecular flexibility index (Phi) is 4.67. The maximum Gasteiger partial charge on any atom is 0.100 e. The van der Waals surface area contributed by atoms with E-state index in [1.54, 1.807) is 11.8 Å². The maximum absolute atomic E-state index is 8.97. The van der Waals surface area contributed by atoms with E-state index in [1.807, 2.05) is 18.4 Å². The van der Waals surface area contributed by atoms with Crippen molar-refractivity contribution in [3.8, 4) is 6.07 Å². The summed E-state index contributed by atoms with van der Waals surface area (Å²) < 4.78 is 0. The van der Waals surface area contributed by atoms with Gasteiger partial charge in [0.1, 0.15) is 6.07 Å². The van der Waals surface area contributed by atoms with Gasteiger partial charge in [-0.25, -0.2) is 0 Å². The first kappa shape index (κ1) is 12.1. The van der Waals surface area contributed by atoms with Crippen molar-refractivity contribution in [2.75, 3.05) is 6.26 Å². The van der Waals surface area contributed by atoms with Crippen molar-refractivity contribution in [1.82, 2.24) is 5.32 Å². The number of hydrogen-bond acceptors (Lipinski definition) is 3. The number of rotatable bonds is 4. The van der Waals surface area contributed by atoms with Crippen LogP contribution < -0.4 is 5.32 Å². The minimum Gasteiger partial charge on any atom is -0.310 e. The van der Waals surface area contributed by atoms with Gasteiger partial charge in [0.2, 0.25) is 0 Å². The molecule has 1 aromatic rings. The first-order valence-electron chi connectivity index (χ1n) is 4.97. The van der Waals surface area contributed by atoms with Gasteiger partial charge < -0.3 is 5.32 Å². The van der Waals surface area contributed by atoms with Gasteiger partial charge in [0, 0.05) is 17.5 Å². The average molecular weight is 220 g/mol. The van der Waals surface area contributed by atoms with Gasteiger partial charge in [-0.15, -0.1) is 11.8 Å². The predicted octanol–water partition coefficient (Wildman–Crippen LogP) is 2.78. The minimum atomic E-state index is 0.468. The summed E-state index contributed by atoms with van der Waals surface area (Å²) in [6, 6.07) is 8.74. The fourth-order valence-electron chi connectivity index (χ4n) is 1.27. The molecule has 0 amide bonds. The smallest absolute Gasteiger partial charge is 0.100 e. The number of thioether (sulfide) groups is 1. The first-order valence-corrected chi connectivity index (χ1v) is 6.20. The molecule has 0 saturated carbocycles. The van der Waals surface area contributed by atoms with Crippen LogP contribution in [0.1, 0.15) is 25.0 Å². The highest BCUT2D eigenvalue weighted by molar-refractivity contribution is 7.98. The second-order valence-corrected chi connectivity index (χ2v) is 4.53. The van der Waals surface area contributed by atoms with Crippen LogP contribution in [-0.2, 0) is 6.54 Å². The van der Waals surface area contributed by atoms with E-state index in [9.17, 15) is 0 Å². The zero-order chi connectivity index (χ0) is 11.3. The fraction of sp³-hybridized carbons (Fsp3) is 0.417. The van der Waals surface area contributed by atoms with E-state index in [2.05, 4.69) is 31.3 Å². The van der Waals surface area contributed by atoms with E-state index < -0.39 is 0 Å². The molecule has 1 aromatic carbocycles. The lowest BCUT2D eigenvalue weighted by molar-refractivity contribution is 0.588.